The Kier molecular flexibility index (Phi) is 1.95. The number of fused-ring (bicyclic) bond motifs is 1. The molecule has 0 aromatic heterocycles. The molecule has 0 heterocycles. The Morgan fingerprint density at radius 2 is 2.00 bits per heavy atom. The maximum atomic E-state index is 6.27. The summed E-state index contributed by atoms with van der Waals surface area (Å²) < 4.78 is 5.23. The third kappa shape index (κ3) is 1.38. The summed E-state index contributed by atoms with van der Waals surface area (Å²) in [5, 5.41) is 2.46. The van der Waals surface area contributed by atoms with E-state index in [-0.39, 0.29) is 5.54 Å². The van der Waals surface area contributed by atoms with Crippen LogP contribution in [0.1, 0.15) is 18.4 Å². The zero-order valence-corrected chi connectivity index (χ0v) is 9.36. The molecule has 2 N–H and O–H groups in total. The summed E-state index contributed by atoms with van der Waals surface area (Å²) in [6.07, 6.45) is 2.19. The molecule has 2 aromatic carbocycles. The standard InChI is InChI=1S/C14H15NO/c1-16-11-5-6-12-10(9-11)3-2-4-13(12)14(15)7-8-14/h2-6,9H,7-8,15H2,1H3. The van der Waals surface area contributed by atoms with E-state index in [0.717, 1.165) is 18.6 Å². The van der Waals surface area contributed by atoms with Gasteiger partial charge in [-0.25, -0.2) is 0 Å². The van der Waals surface area contributed by atoms with E-state index in [1.54, 1.807) is 7.11 Å². The van der Waals surface area contributed by atoms with Gasteiger partial charge < -0.3 is 10.5 Å². The molecule has 1 fully saturated rings. The molecule has 0 radical (unpaired) electrons. The van der Waals surface area contributed by atoms with Crippen molar-refractivity contribution in [3.8, 4) is 5.75 Å². The van der Waals surface area contributed by atoms with Crippen LogP contribution in [0.5, 0.6) is 5.75 Å². The van der Waals surface area contributed by atoms with Crippen LogP contribution in [0, 0.1) is 0 Å². The van der Waals surface area contributed by atoms with Gasteiger partial charge in [-0.3, -0.25) is 0 Å². The van der Waals surface area contributed by atoms with E-state index in [2.05, 4.69) is 30.3 Å². The van der Waals surface area contributed by atoms with Crippen molar-refractivity contribution in [2.75, 3.05) is 7.11 Å². The van der Waals surface area contributed by atoms with E-state index in [1.807, 2.05) is 6.07 Å². The van der Waals surface area contributed by atoms with Crippen LogP contribution in [0.15, 0.2) is 36.4 Å². The molecule has 0 bridgehead atoms. The van der Waals surface area contributed by atoms with Gasteiger partial charge in [0.25, 0.3) is 0 Å². The van der Waals surface area contributed by atoms with Gasteiger partial charge in [0.2, 0.25) is 0 Å². The lowest BCUT2D eigenvalue weighted by atomic mass is 9.97. The minimum absolute atomic E-state index is 0.0753. The largest absolute Gasteiger partial charge is 0.497 e. The monoisotopic (exact) mass is 213 g/mol. The summed E-state index contributed by atoms with van der Waals surface area (Å²) in [7, 11) is 1.69. The van der Waals surface area contributed by atoms with Crippen LogP contribution >= 0.6 is 0 Å². The highest BCUT2D eigenvalue weighted by Gasteiger charge is 2.40. The maximum Gasteiger partial charge on any atom is 0.119 e. The molecule has 0 atom stereocenters. The second kappa shape index (κ2) is 3.22. The second-order valence-corrected chi connectivity index (χ2v) is 4.55. The summed E-state index contributed by atoms with van der Waals surface area (Å²) in [5.41, 5.74) is 7.47. The molecule has 0 aliphatic heterocycles. The maximum absolute atomic E-state index is 6.27. The summed E-state index contributed by atoms with van der Waals surface area (Å²) >= 11 is 0. The molecule has 2 heteroatoms. The van der Waals surface area contributed by atoms with E-state index in [1.165, 1.54) is 16.3 Å². The van der Waals surface area contributed by atoms with Crippen LogP contribution in [-0.2, 0) is 5.54 Å². The molecule has 0 spiro atoms. The van der Waals surface area contributed by atoms with Gasteiger partial charge >= 0.3 is 0 Å². The minimum atomic E-state index is -0.0753. The summed E-state index contributed by atoms with van der Waals surface area (Å²) in [4.78, 5) is 0. The highest BCUT2D eigenvalue weighted by molar-refractivity contribution is 5.88. The molecular weight excluding hydrogens is 198 g/mol. The number of hydrogen-bond donors (Lipinski definition) is 1. The second-order valence-electron chi connectivity index (χ2n) is 4.55. The first-order valence-electron chi connectivity index (χ1n) is 5.59. The van der Waals surface area contributed by atoms with Gasteiger partial charge in [0.05, 0.1) is 7.11 Å². The van der Waals surface area contributed by atoms with Crippen LogP contribution in [0.2, 0.25) is 0 Å². The Morgan fingerprint density at radius 1 is 1.19 bits per heavy atom. The minimum Gasteiger partial charge on any atom is -0.497 e. The molecule has 3 rings (SSSR count). The predicted octanol–water partition coefficient (Wildman–Crippen LogP) is 2.80. The fourth-order valence-electron chi connectivity index (χ4n) is 2.23. The highest BCUT2D eigenvalue weighted by Crippen LogP contribution is 2.45. The Labute approximate surface area is 95.0 Å². The van der Waals surface area contributed by atoms with Crippen molar-refractivity contribution in [1.82, 2.24) is 0 Å². The van der Waals surface area contributed by atoms with E-state index in [9.17, 15) is 0 Å². The van der Waals surface area contributed by atoms with Crippen molar-refractivity contribution in [3.05, 3.63) is 42.0 Å². The van der Waals surface area contributed by atoms with E-state index >= 15 is 0 Å². The molecule has 2 aromatic rings. The first-order chi connectivity index (χ1) is 7.73. The van der Waals surface area contributed by atoms with Crippen LogP contribution in [0.4, 0.5) is 0 Å². The van der Waals surface area contributed by atoms with Crippen LogP contribution in [-0.4, -0.2) is 7.11 Å². The predicted molar refractivity (Wildman–Crippen MR) is 65.6 cm³/mol. The molecule has 16 heavy (non-hydrogen) atoms. The Bertz CT molecular complexity index is 543. The number of benzene rings is 2. The molecule has 0 amide bonds. The molecule has 2 nitrogen and oxygen atoms in total. The average molecular weight is 213 g/mol. The quantitative estimate of drug-likeness (QED) is 0.832. The number of hydrogen-bond acceptors (Lipinski definition) is 2. The van der Waals surface area contributed by atoms with Crippen LogP contribution in [0.3, 0.4) is 0 Å². The van der Waals surface area contributed by atoms with E-state index < -0.39 is 0 Å². The number of methoxy groups -OCH3 is 1. The summed E-state index contributed by atoms with van der Waals surface area (Å²) in [6.45, 7) is 0. The number of nitrogens with two attached hydrogens (primary N) is 1. The molecule has 1 saturated carbocycles. The first kappa shape index (κ1) is 9.67. The third-order valence-electron chi connectivity index (χ3n) is 3.41. The number of rotatable bonds is 2. The lowest BCUT2D eigenvalue weighted by Crippen LogP contribution is -2.18. The van der Waals surface area contributed by atoms with E-state index in [0.29, 0.717) is 0 Å². The smallest absolute Gasteiger partial charge is 0.119 e. The fraction of sp³-hybridized carbons (Fsp3) is 0.286. The molecule has 82 valence electrons. The zero-order chi connectivity index (χ0) is 11.2. The topological polar surface area (TPSA) is 35.2 Å². The van der Waals surface area contributed by atoms with Crippen molar-refractivity contribution in [1.29, 1.82) is 0 Å². The van der Waals surface area contributed by atoms with Gasteiger partial charge in [-0.1, -0.05) is 24.3 Å². The normalized spacial score (nSPS) is 17.4. The SMILES string of the molecule is COc1ccc2c(C3(N)CC3)cccc2c1. The Hall–Kier alpha value is -1.54. The summed E-state index contributed by atoms with van der Waals surface area (Å²) in [5.74, 6) is 0.895. The lowest BCUT2D eigenvalue weighted by molar-refractivity contribution is 0.415. The fourth-order valence-corrected chi connectivity index (χ4v) is 2.23. The lowest BCUT2D eigenvalue weighted by Gasteiger charge is -2.13. The Morgan fingerprint density at radius 3 is 2.69 bits per heavy atom. The molecular formula is C14H15NO. The van der Waals surface area contributed by atoms with Gasteiger partial charge in [-0.05, 0) is 41.3 Å². The van der Waals surface area contributed by atoms with Gasteiger partial charge in [0.15, 0.2) is 0 Å². The van der Waals surface area contributed by atoms with Gasteiger partial charge in [-0.2, -0.15) is 0 Å². The van der Waals surface area contributed by atoms with Crippen LogP contribution < -0.4 is 10.5 Å². The van der Waals surface area contributed by atoms with Gasteiger partial charge in [0, 0.05) is 5.54 Å². The van der Waals surface area contributed by atoms with Crippen molar-refractivity contribution in [2.45, 2.75) is 18.4 Å². The van der Waals surface area contributed by atoms with Crippen molar-refractivity contribution >= 4 is 10.8 Å². The van der Waals surface area contributed by atoms with Crippen molar-refractivity contribution in [2.24, 2.45) is 5.73 Å². The molecule has 0 saturated heterocycles. The third-order valence-corrected chi connectivity index (χ3v) is 3.41. The van der Waals surface area contributed by atoms with Crippen molar-refractivity contribution in [3.63, 3.8) is 0 Å². The van der Waals surface area contributed by atoms with Crippen LogP contribution in [0.25, 0.3) is 10.8 Å². The van der Waals surface area contributed by atoms with Gasteiger partial charge in [0.1, 0.15) is 5.75 Å². The number of ether oxygens (including phenoxy) is 1. The zero-order valence-electron chi connectivity index (χ0n) is 9.36. The summed E-state index contributed by atoms with van der Waals surface area (Å²) in [6, 6.07) is 12.5. The Balaban J connectivity index is 2.23. The highest BCUT2D eigenvalue weighted by atomic mass is 16.5. The van der Waals surface area contributed by atoms with E-state index in [4.69, 9.17) is 10.5 Å². The molecule has 0 unspecified atom stereocenters. The van der Waals surface area contributed by atoms with Crippen molar-refractivity contribution < 1.29 is 4.74 Å². The average Bonchev–Trinajstić information content (AvgIpc) is 3.07. The molecule has 1 aliphatic carbocycles. The molecule has 1 aliphatic rings. The first-order valence-corrected chi connectivity index (χ1v) is 5.59. The van der Waals surface area contributed by atoms with Gasteiger partial charge in [-0.15, -0.1) is 0 Å².